The van der Waals surface area contributed by atoms with Gasteiger partial charge in [-0.2, -0.15) is 5.10 Å². The number of nitrogens with zero attached hydrogens (tertiary/aromatic N) is 4. The van der Waals surface area contributed by atoms with Crippen molar-refractivity contribution >= 4 is 22.5 Å². The zero-order chi connectivity index (χ0) is 15.4. The zero-order valence-electron chi connectivity index (χ0n) is 12.7. The van der Waals surface area contributed by atoms with Gasteiger partial charge in [-0.1, -0.05) is 18.3 Å². The van der Waals surface area contributed by atoms with Crippen molar-refractivity contribution in [3.05, 3.63) is 22.5 Å². The van der Waals surface area contributed by atoms with E-state index in [2.05, 4.69) is 32.9 Å². The molecule has 2 aromatic rings. The first-order chi connectivity index (χ1) is 9.94. The van der Waals surface area contributed by atoms with Crippen molar-refractivity contribution in [3.63, 3.8) is 0 Å². The monoisotopic (exact) mass is 308 g/mol. The van der Waals surface area contributed by atoms with Crippen molar-refractivity contribution in [1.29, 1.82) is 0 Å². The number of hydrogen-bond donors (Lipinski definition) is 2. The minimum atomic E-state index is -0.258. The summed E-state index contributed by atoms with van der Waals surface area (Å²) in [6, 6.07) is 1.79. The van der Waals surface area contributed by atoms with Gasteiger partial charge in [0.25, 0.3) is 0 Å². The summed E-state index contributed by atoms with van der Waals surface area (Å²) < 4.78 is 1.97. The lowest BCUT2D eigenvalue weighted by Gasteiger charge is -2.13. The average Bonchev–Trinajstić information content (AvgIpc) is 2.93. The summed E-state index contributed by atoms with van der Waals surface area (Å²) in [6.07, 6.45) is 0. The van der Waals surface area contributed by atoms with Gasteiger partial charge < -0.3 is 5.32 Å². The van der Waals surface area contributed by atoms with Crippen LogP contribution in [0.1, 0.15) is 23.3 Å². The predicted octanol–water partition coefficient (Wildman–Crippen LogP) is 2.12. The lowest BCUT2D eigenvalue weighted by atomic mass is 10.2. The molecule has 2 amide bonds. The lowest BCUT2D eigenvalue weighted by Crippen LogP contribution is -2.33. The Balaban J connectivity index is 1.77. The van der Waals surface area contributed by atoms with Crippen molar-refractivity contribution in [1.82, 2.24) is 25.3 Å². The van der Waals surface area contributed by atoms with Crippen LogP contribution in [-0.4, -0.2) is 32.6 Å². The standard InChI is InChI=1S/C13H20N6OS/c1-8(7-19-10(3)5-9(2)18-19)6-14-12(20)15-13-17-16-11(4)21-13/h5,8H,6-7H2,1-4H3,(H2,14,15,17,20)/t8-/m0/s1. The van der Waals surface area contributed by atoms with E-state index >= 15 is 0 Å². The van der Waals surface area contributed by atoms with E-state index in [4.69, 9.17) is 0 Å². The fourth-order valence-electron chi connectivity index (χ4n) is 1.97. The maximum absolute atomic E-state index is 11.7. The molecule has 114 valence electrons. The molecule has 0 aliphatic rings. The Labute approximate surface area is 127 Å². The van der Waals surface area contributed by atoms with Gasteiger partial charge in [0.1, 0.15) is 5.01 Å². The number of hydrogen-bond acceptors (Lipinski definition) is 5. The lowest BCUT2D eigenvalue weighted by molar-refractivity contribution is 0.249. The second-order valence-corrected chi connectivity index (χ2v) is 6.36. The molecular weight excluding hydrogens is 288 g/mol. The van der Waals surface area contributed by atoms with E-state index in [1.165, 1.54) is 11.3 Å². The minimum Gasteiger partial charge on any atom is -0.337 e. The highest BCUT2D eigenvalue weighted by Crippen LogP contribution is 2.13. The molecule has 2 aromatic heterocycles. The number of rotatable bonds is 5. The Morgan fingerprint density at radius 1 is 1.38 bits per heavy atom. The maximum Gasteiger partial charge on any atom is 0.321 e. The Kier molecular flexibility index (Phi) is 4.89. The second-order valence-electron chi connectivity index (χ2n) is 5.18. The smallest absolute Gasteiger partial charge is 0.321 e. The van der Waals surface area contributed by atoms with Crippen molar-refractivity contribution in [2.24, 2.45) is 5.92 Å². The van der Waals surface area contributed by atoms with Crippen LogP contribution in [0.2, 0.25) is 0 Å². The van der Waals surface area contributed by atoms with E-state index < -0.39 is 0 Å². The quantitative estimate of drug-likeness (QED) is 0.886. The van der Waals surface area contributed by atoms with Crippen molar-refractivity contribution in [3.8, 4) is 0 Å². The predicted molar refractivity (Wildman–Crippen MR) is 82.5 cm³/mol. The normalized spacial score (nSPS) is 12.2. The fraction of sp³-hybridized carbons (Fsp3) is 0.538. The Morgan fingerprint density at radius 3 is 2.71 bits per heavy atom. The first-order valence-corrected chi connectivity index (χ1v) is 7.61. The first-order valence-electron chi connectivity index (χ1n) is 6.80. The molecular formula is C13H20N6OS. The molecule has 0 radical (unpaired) electrons. The highest BCUT2D eigenvalue weighted by Gasteiger charge is 2.10. The van der Waals surface area contributed by atoms with Gasteiger partial charge in [0.05, 0.1) is 5.69 Å². The summed E-state index contributed by atoms with van der Waals surface area (Å²) in [5.41, 5.74) is 2.14. The maximum atomic E-state index is 11.7. The van der Waals surface area contributed by atoms with Gasteiger partial charge in [0, 0.05) is 18.8 Å². The number of aryl methyl sites for hydroxylation is 3. The fourth-order valence-corrected chi connectivity index (χ4v) is 2.56. The largest absolute Gasteiger partial charge is 0.337 e. The molecule has 21 heavy (non-hydrogen) atoms. The molecule has 0 unspecified atom stereocenters. The number of nitrogens with one attached hydrogen (secondary N) is 2. The number of carbonyl (C=O) groups excluding carboxylic acids is 1. The Morgan fingerprint density at radius 2 is 2.14 bits per heavy atom. The van der Waals surface area contributed by atoms with Crippen LogP contribution in [-0.2, 0) is 6.54 Å². The molecule has 0 spiro atoms. The second kappa shape index (κ2) is 6.66. The number of anilines is 1. The van der Waals surface area contributed by atoms with Gasteiger partial charge >= 0.3 is 6.03 Å². The highest BCUT2D eigenvalue weighted by molar-refractivity contribution is 7.15. The van der Waals surface area contributed by atoms with Crippen LogP contribution < -0.4 is 10.6 Å². The van der Waals surface area contributed by atoms with Crippen LogP contribution in [0.25, 0.3) is 0 Å². The SMILES string of the molecule is Cc1cc(C)n(C[C@@H](C)CNC(=O)Nc2nnc(C)s2)n1. The summed E-state index contributed by atoms with van der Waals surface area (Å²) in [7, 11) is 0. The van der Waals surface area contributed by atoms with Crippen LogP contribution in [0.3, 0.4) is 0 Å². The van der Waals surface area contributed by atoms with Gasteiger partial charge in [-0.25, -0.2) is 4.79 Å². The summed E-state index contributed by atoms with van der Waals surface area (Å²) in [5.74, 6) is 0.282. The molecule has 0 aromatic carbocycles. The molecule has 2 heterocycles. The van der Waals surface area contributed by atoms with Gasteiger partial charge in [-0.05, 0) is 32.8 Å². The van der Waals surface area contributed by atoms with Crippen molar-refractivity contribution in [2.75, 3.05) is 11.9 Å². The molecule has 8 heteroatoms. The van der Waals surface area contributed by atoms with Crippen molar-refractivity contribution in [2.45, 2.75) is 34.2 Å². The molecule has 0 saturated heterocycles. The van der Waals surface area contributed by atoms with Crippen LogP contribution in [0.5, 0.6) is 0 Å². The van der Waals surface area contributed by atoms with Gasteiger partial charge in [0.15, 0.2) is 0 Å². The number of aromatic nitrogens is 4. The third-order valence-electron chi connectivity index (χ3n) is 2.95. The molecule has 7 nitrogen and oxygen atoms in total. The molecule has 0 bridgehead atoms. The zero-order valence-corrected chi connectivity index (χ0v) is 13.5. The molecule has 2 N–H and O–H groups in total. The van der Waals surface area contributed by atoms with Gasteiger partial charge in [-0.3, -0.25) is 10.00 Å². The Bertz CT molecular complexity index is 620. The summed E-state index contributed by atoms with van der Waals surface area (Å²) in [4.78, 5) is 11.7. The first kappa shape index (κ1) is 15.4. The van der Waals surface area contributed by atoms with E-state index in [1.54, 1.807) is 0 Å². The third kappa shape index (κ3) is 4.52. The molecule has 0 aliphatic carbocycles. The molecule has 1 atom stereocenters. The summed E-state index contributed by atoms with van der Waals surface area (Å²) >= 11 is 1.35. The van der Waals surface area contributed by atoms with Crippen LogP contribution in [0.15, 0.2) is 6.07 Å². The number of urea groups is 1. The summed E-state index contributed by atoms with van der Waals surface area (Å²) in [5, 5.41) is 19.0. The van der Waals surface area contributed by atoms with E-state index in [0.29, 0.717) is 11.7 Å². The van der Waals surface area contributed by atoms with E-state index in [9.17, 15) is 4.79 Å². The van der Waals surface area contributed by atoms with Crippen LogP contribution >= 0.6 is 11.3 Å². The summed E-state index contributed by atoms with van der Waals surface area (Å²) in [6.45, 7) is 9.28. The third-order valence-corrected chi connectivity index (χ3v) is 3.70. The molecule has 0 saturated carbocycles. The van der Waals surface area contributed by atoms with E-state index in [-0.39, 0.29) is 11.9 Å². The van der Waals surface area contributed by atoms with E-state index in [1.807, 2.05) is 31.5 Å². The Hall–Kier alpha value is -1.96. The van der Waals surface area contributed by atoms with Crippen LogP contribution in [0.4, 0.5) is 9.93 Å². The van der Waals surface area contributed by atoms with Gasteiger partial charge in [-0.15, -0.1) is 10.2 Å². The molecule has 0 aliphatic heterocycles. The van der Waals surface area contributed by atoms with Gasteiger partial charge in [0.2, 0.25) is 5.13 Å². The number of carbonyl (C=O) groups is 1. The highest BCUT2D eigenvalue weighted by atomic mass is 32.1. The number of amides is 2. The van der Waals surface area contributed by atoms with Crippen LogP contribution in [0, 0.1) is 26.7 Å². The molecule has 0 fully saturated rings. The van der Waals surface area contributed by atoms with E-state index in [0.717, 1.165) is 22.9 Å². The minimum absolute atomic E-state index is 0.258. The van der Waals surface area contributed by atoms with Crippen molar-refractivity contribution < 1.29 is 4.79 Å². The average molecular weight is 308 g/mol. The molecule has 2 rings (SSSR count). The topological polar surface area (TPSA) is 84.7 Å².